The van der Waals surface area contributed by atoms with Crippen molar-refractivity contribution in [2.75, 3.05) is 26.5 Å². The third-order valence-corrected chi connectivity index (χ3v) is 6.77. The minimum Gasteiger partial charge on any atom is -0.463 e. The summed E-state index contributed by atoms with van der Waals surface area (Å²) in [6.45, 7) is 3.82. The number of nitrogens with zero attached hydrogens (tertiary/aromatic N) is 2. The van der Waals surface area contributed by atoms with Gasteiger partial charge in [0.2, 0.25) is 10.0 Å². The molecule has 154 valence electrons. The van der Waals surface area contributed by atoms with Crippen molar-refractivity contribution in [1.82, 2.24) is 19.9 Å². The zero-order valence-electron chi connectivity index (χ0n) is 16.2. The van der Waals surface area contributed by atoms with Crippen LogP contribution in [0.4, 0.5) is 4.79 Å². The van der Waals surface area contributed by atoms with Crippen LogP contribution in [0.2, 0.25) is 0 Å². The van der Waals surface area contributed by atoms with Gasteiger partial charge in [-0.3, -0.25) is 0 Å². The van der Waals surface area contributed by atoms with Crippen molar-refractivity contribution in [3.05, 3.63) is 29.6 Å². The van der Waals surface area contributed by atoms with Crippen molar-refractivity contribution in [3.63, 3.8) is 0 Å². The highest BCUT2D eigenvalue weighted by Crippen LogP contribution is 2.24. The Morgan fingerprint density at radius 2 is 2.04 bits per heavy atom. The number of nitrogens with one attached hydrogen (secondary N) is 2. The summed E-state index contributed by atoms with van der Waals surface area (Å²) in [7, 11) is -0.648. The molecule has 2 heterocycles. The standard InChI is InChI=1S/C17H24N4O5S2/c1-5-12-15(16(22)26-6-2)13(20-17(23)19-12)10-27-14-8-7-11(9-18-14)28(24,25)21(3)4/h7-9,12H,5-6,10H2,1-4H3,(H2,19,20,23). The largest absolute Gasteiger partial charge is 0.463 e. The Morgan fingerprint density at radius 3 is 2.57 bits per heavy atom. The topological polar surface area (TPSA) is 118 Å². The first-order chi connectivity index (χ1) is 13.2. The number of carbonyl (C=O) groups excluding carboxylic acids is 2. The van der Waals surface area contributed by atoms with Gasteiger partial charge in [0.25, 0.3) is 0 Å². The van der Waals surface area contributed by atoms with E-state index in [1.165, 1.54) is 38.1 Å². The first-order valence-corrected chi connectivity index (χ1v) is 11.1. The van der Waals surface area contributed by atoms with Crippen LogP contribution in [0.1, 0.15) is 20.3 Å². The van der Waals surface area contributed by atoms with Crippen LogP contribution in [-0.2, 0) is 19.6 Å². The average molecular weight is 429 g/mol. The first kappa shape index (κ1) is 22.2. The van der Waals surface area contributed by atoms with E-state index in [0.717, 1.165) is 4.31 Å². The second-order valence-electron chi connectivity index (χ2n) is 6.08. The van der Waals surface area contributed by atoms with E-state index in [-0.39, 0.29) is 23.3 Å². The molecular weight excluding hydrogens is 404 g/mol. The zero-order valence-corrected chi connectivity index (χ0v) is 17.8. The lowest BCUT2D eigenvalue weighted by atomic mass is 10.0. The Balaban J connectivity index is 2.22. The van der Waals surface area contributed by atoms with Crippen LogP contribution in [0.25, 0.3) is 0 Å². The number of amides is 2. The molecule has 0 saturated heterocycles. The smallest absolute Gasteiger partial charge is 0.337 e. The molecule has 1 aliphatic rings. The lowest BCUT2D eigenvalue weighted by Crippen LogP contribution is -2.50. The van der Waals surface area contributed by atoms with Crippen molar-refractivity contribution in [2.24, 2.45) is 0 Å². The van der Waals surface area contributed by atoms with Gasteiger partial charge in [0, 0.05) is 31.7 Å². The Labute approximate surface area is 169 Å². The fraction of sp³-hybridized carbons (Fsp3) is 0.471. The molecule has 0 fully saturated rings. The van der Waals surface area contributed by atoms with Gasteiger partial charge in [0.1, 0.15) is 4.90 Å². The summed E-state index contributed by atoms with van der Waals surface area (Å²) in [5.41, 5.74) is 0.856. The molecule has 9 nitrogen and oxygen atoms in total. The lowest BCUT2D eigenvalue weighted by molar-refractivity contribution is -0.139. The van der Waals surface area contributed by atoms with Crippen molar-refractivity contribution < 1.29 is 22.7 Å². The number of pyridine rings is 1. The number of hydrogen-bond donors (Lipinski definition) is 2. The number of ether oxygens (including phenoxy) is 1. The Kier molecular flexibility index (Phi) is 7.44. The predicted molar refractivity (Wildman–Crippen MR) is 105 cm³/mol. The van der Waals surface area contributed by atoms with Gasteiger partial charge in [-0.25, -0.2) is 27.3 Å². The number of urea groups is 1. The van der Waals surface area contributed by atoms with Crippen molar-refractivity contribution in [2.45, 2.75) is 36.2 Å². The SMILES string of the molecule is CCOC(=O)C1=C(CSc2ccc(S(=O)(=O)N(C)C)cn2)NC(=O)NC1CC. The Bertz CT molecular complexity index is 866. The molecule has 1 unspecified atom stereocenters. The monoisotopic (exact) mass is 428 g/mol. The molecule has 1 aliphatic heterocycles. The third-order valence-electron chi connectivity index (χ3n) is 4.00. The van der Waals surface area contributed by atoms with Crippen LogP contribution in [0, 0.1) is 0 Å². The highest BCUT2D eigenvalue weighted by atomic mass is 32.2. The molecule has 11 heteroatoms. The summed E-state index contributed by atoms with van der Waals surface area (Å²) in [6.07, 6.45) is 1.83. The molecule has 1 aromatic heterocycles. The van der Waals surface area contributed by atoms with Gasteiger partial charge in [-0.1, -0.05) is 6.92 Å². The molecule has 2 amide bonds. The molecule has 1 aromatic rings. The van der Waals surface area contributed by atoms with E-state index in [9.17, 15) is 18.0 Å². The minimum absolute atomic E-state index is 0.0921. The Morgan fingerprint density at radius 1 is 1.32 bits per heavy atom. The molecule has 0 spiro atoms. The van der Waals surface area contributed by atoms with Crippen LogP contribution >= 0.6 is 11.8 Å². The number of esters is 1. The quantitative estimate of drug-likeness (QED) is 0.474. The highest BCUT2D eigenvalue weighted by molar-refractivity contribution is 7.99. The molecule has 28 heavy (non-hydrogen) atoms. The van der Waals surface area contributed by atoms with Crippen LogP contribution in [-0.4, -0.2) is 62.2 Å². The number of hydrogen-bond acceptors (Lipinski definition) is 7. The van der Waals surface area contributed by atoms with E-state index >= 15 is 0 Å². The molecule has 0 saturated carbocycles. The van der Waals surface area contributed by atoms with Gasteiger partial charge >= 0.3 is 12.0 Å². The number of thioether (sulfide) groups is 1. The first-order valence-electron chi connectivity index (χ1n) is 8.69. The van der Waals surface area contributed by atoms with Gasteiger partial charge in [-0.15, -0.1) is 11.8 Å². The van der Waals surface area contributed by atoms with E-state index in [0.29, 0.717) is 22.7 Å². The minimum atomic E-state index is -3.55. The second-order valence-corrected chi connectivity index (χ2v) is 9.23. The van der Waals surface area contributed by atoms with Gasteiger partial charge in [0.15, 0.2) is 0 Å². The maximum Gasteiger partial charge on any atom is 0.337 e. The molecular formula is C17H24N4O5S2. The van der Waals surface area contributed by atoms with Crippen LogP contribution in [0.3, 0.4) is 0 Å². The number of sulfonamides is 1. The van der Waals surface area contributed by atoms with Crippen molar-refractivity contribution in [1.29, 1.82) is 0 Å². The molecule has 2 rings (SSSR count). The van der Waals surface area contributed by atoms with Crippen molar-refractivity contribution in [3.8, 4) is 0 Å². The fourth-order valence-corrected chi connectivity index (χ4v) is 4.20. The molecule has 0 radical (unpaired) electrons. The van der Waals surface area contributed by atoms with E-state index in [2.05, 4.69) is 15.6 Å². The van der Waals surface area contributed by atoms with E-state index in [1.807, 2.05) is 6.92 Å². The van der Waals surface area contributed by atoms with Gasteiger partial charge in [0.05, 0.1) is 23.2 Å². The Hall–Kier alpha value is -2.11. The summed E-state index contributed by atoms with van der Waals surface area (Å²) < 4.78 is 30.4. The summed E-state index contributed by atoms with van der Waals surface area (Å²) in [5.74, 6) is -0.192. The summed E-state index contributed by atoms with van der Waals surface area (Å²) >= 11 is 1.28. The van der Waals surface area contributed by atoms with Gasteiger partial charge in [-0.05, 0) is 25.5 Å². The zero-order chi connectivity index (χ0) is 20.9. The van der Waals surface area contributed by atoms with E-state index in [4.69, 9.17) is 4.74 Å². The van der Waals surface area contributed by atoms with Crippen molar-refractivity contribution >= 4 is 33.8 Å². The molecule has 0 aliphatic carbocycles. The third kappa shape index (κ3) is 5.03. The maximum atomic E-state index is 12.3. The molecule has 0 aromatic carbocycles. The van der Waals surface area contributed by atoms with Gasteiger partial charge < -0.3 is 15.4 Å². The predicted octanol–water partition coefficient (Wildman–Crippen LogP) is 1.33. The molecule has 1 atom stereocenters. The maximum absolute atomic E-state index is 12.3. The highest BCUT2D eigenvalue weighted by Gasteiger charge is 2.31. The van der Waals surface area contributed by atoms with Crippen LogP contribution in [0.15, 0.2) is 39.5 Å². The van der Waals surface area contributed by atoms with Crippen LogP contribution in [0.5, 0.6) is 0 Å². The lowest BCUT2D eigenvalue weighted by Gasteiger charge is -2.28. The number of rotatable bonds is 8. The van der Waals surface area contributed by atoms with Crippen LogP contribution < -0.4 is 10.6 Å². The summed E-state index contributed by atoms with van der Waals surface area (Å²) in [4.78, 5) is 28.5. The average Bonchev–Trinajstić information content (AvgIpc) is 2.66. The summed E-state index contributed by atoms with van der Waals surface area (Å²) in [5, 5.41) is 5.95. The summed E-state index contributed by atoms with van der Waals surface area (Å²) in [6, 6.07) is 2.26. The molecule has 0 bridgehead atoms. The second kappa shape index (κ2) is 9.39. The number of carbonyl (C=O) groups is 2. The molecule has 2 N–H and O–H groups in total. The fourth-order valence-electron chi connectivity index (χ4n) is 2.54. The van der Waals surface area contributed by atoms with Gasteiger partial charge in [-0.2, -0.15) is 0 Å². The van der Waals surface area contributed by atoms with E-state index in [1.54, 1.807) is 13.0 Å². The normalized spacial score (nSPS) is 17.3. The number of aromatic nitrogens is 1. The van der Waals surface area contributed by atoms with E-state index < -0.39 is 22.0 Å².